The number of rotatable bonds is 3. The molecule has 3 unspecified atom stereocenters. The maximum atomic E-state index is 10.5. The van der Waals surface area contributed by atoms with Crippen molar-refractivity contribution in [3.05, 3.63) is 0 Å². The fourth-order valence-corrected chi connectivity index (χ4v) is 3.02. The van der Waals surface area contributed by atoms with Crippen LogP contribution >= 0.6 is 0 Å². The summed E-state index contributed by atoms with van der Waals surface area (Å²) in [5, 5.41) is 0. The van der Waals surface area contributed by atoms with Crippen LogP contribution in [0.25, 0.3) is 0 Å². The molecule has 2 bridgehead atoms. The van der Waals surface area contributed by atoms with Crippen LogP contribution in [0.4, 0.5) is 0 Å². The minimum atomic E-state index is 0.597. The van der Waals surface area contributed by atoms with E-state index < -0.39 is 0 Å². The van der Waals surface area contributed by atoms with Crippen molar-refractivity contribution in [2.45, 2.75) is 25.3 Å². The van der Waals surface area contributed by atoms with E-state index in [0.29, 0.717) is 18.4 Å². The second kappa shape index (κ2) is 3.88. The quantitative estimate of drug-likeness (QED) is 0.624. The summed E-state index contributed by atoms with van der Waals surface area (Å²) in [7, 11) is 1.02. The Morgan fingerprint density at radius 1 is 1.46 bits per heavy atom. The van der Waals surface area contributed by atoms with Gasteiger partial charge in [-0.2, -0.15) is 0 Å². The van der Waals surface area contributed by atoms with Gasteiger partial charge < -0.3 is 0 Å². The summed E-state index contributed by atoms with van der Waals surface area (Å²) in [5.74, 6) is 1.45. The van der Waals surface area contributed by atoms with Crippen molar-refractivity contribution in [3.8, 4) is 0 Å². The average Bonchev–Trinajstić information content (AvgIpc) is 2.19. The molecule has 3 aliphatic rings. The van der Waals surface area contributed by atoms with Crippen molar-refractivity contribution in [1.29, 1.82) is 0 Å². The average molecular weight is 180 g/mol. The first-order valence-corrected chi connectivity index (χ1v) is 5.23. The van der Waals surface area contributed by atoms with Crippen LogP contribution in [-0.2, 0) is 4.70 Å². The third-order valence-electron chi connectivity index (χ3n) is 3.62. The van der Waals surface area contributed by atoms with Crippen LogP contribution < -0.4 is 5.73 Å². The van der Waals surface area contributed by atoms with Gasteiger partial charge in [-0.3, -0.25) is 0 Å². The van der Waals surface area contributed by atoms with Gasteiger partial charge in [-0.25, -0.2) is 0 Å². The van der Waals surface area contributed by atoms with Gasteiger partial charge in [0, 0.05) is 0 Å². The van der Waals surface area contributed by atoms with Crippen LogP contribution in [0.3, 0.4) is 0 Å². The van der Waals surface area contributed by atoms with Gasteiger partial charge in [0.2, 0.25) is 0 Å². The fourth-order valence-electron chi connectivity index (χ4n) is 3.02. The second-order valence-electron chi connectivity index (χ2n) is 4.36. The number of fused-ring (bicyclic) bond motifs is 3. The summed E-state index contributed by atoms with van der Waals surface area (Å²) in [4.78, 5) is 2.32. The molecule has 2 saturated heterocycles. The molecule has 72 valence electrons. The van der Waals surface area contributed by atoms with Crippen molar-refractivity contribution in [1.82, 2.24) is 4.90 Å². The molecule has 0 aromatic carbocycles. The summed E-state index contributed by atoms with van der Waals surface area (Å²) in [6, 6.07) is 0.597. The predicted octanol–water partition coefficient (Wildman–Crippen LogP) is 0.0528. The first-order chi connectivity index (χ1) is 6.35. The van der Waals surface area contributed by atoms with Crippen molar-refractivity contribution in [3.63, 3.8) is 0 Å². The van der Waals surface area contributed by atoms with Gasteiger partial charge >= 0.3 is 79.2 Å². The molecule has 13 heavy (non-hydrogen) atoms. The number of nitrogens with zero attached hydrogens (tertiary/aromatic N) is 1. The van der Waals surface area contributed by atoms with E-state index in [1.807, 2.05) is 0 Å². The SMILES string of the molecule is NCC1CC2CCC1N(CB=O)C2. The number of piperidine rings is 2. The van der Waals surface area contributed by atoms with Gasteiger partial charge in [-0.05, 0) is 0 Å². The van der Waals surface area contributed by atoms with Gasteiger partial charge in [0.1, 0.15) is 0 Å². The molecule has 3 atom stereocenters. The van der Waals surface area contributed by atoms with Crippen LogP contribution in [-0.4, -0.2) is 37.6 Å². The van der Waals surface area contributed by atoms with Crippen molar-refractivity contribution >= 4 is 7.15 Å². The van der Waals surface area contributed by atoms with E-state index in [9.17, 15) is 4.70 Å². The van der Waals surface area contributed by atoms with Gasteiger partial charge in [0.15, 0.2) is 0 Å². The Balaban J connectivity index is 2.03. The third kappa shape index (κ3) is 1.70. The molecule has 3 rings (SSSR count). The Morgan fingerprint density at radius 2 is 2.31 bits per heavy atom. The Labute approximate surface area is 79.9 Å². The molecule has 0 aromatic rings. The molecule has 2 aliphatic heterocycles. The molecule has 1 aliphatic carbocycles. The van der Waals surface area contributed by atoms with E-state index in [4.69, 9.17) is 5.73 Å². The van der Waals surface area contributed by atoms with E-state index >= 15 is 0 Å². The van der Waals surface area contributed by atoms with Crippen molar-refractivity contribution < 1.29 is 4.70 Å². The third-order valence-corrected chi connectivity index (χ3v) is 3.62. The van der Waals surface area contributed by atoms with E-state index in [2.05, 4.69) is 4.90 Å². The minimum absolute atomic E-state index is 0.597. The zero-order valence-corrected chi connectivity index (χ0v) is 7.98. The molecule has 2 heterocycles. The molecule has 2 N–H and O–H groups in total. The molecule has 0 amide bonds. The van der Waals surface area contributed by atoms with Crippen molar-refractivity contribution in [2.75, 3.05) is 19.5 Å². The zero-order chi connectivity index (χ0) is 9.26. The van der Waals surface area contributed by atoms with Crippen LogP contribution in [0.5, 0.6) is 0 Å². The summed E-state index contributed by atoms with van der Waals surface area (Å²) in [5.41, 5.74) is 5.73. The Morgan fingerprint density at radius 3 is 2.92 bits per heavy atom. The normalized spacial score (nSPS) is 39.0. The Hall–Kier alpha value is -0.215. The van der Waals surface area contributed by atoms with Gasteiger partial charge in [0.25, 0.3) is 0 Å². The topological polar surface area (TPSA) is 46.3 Å². The molecule has 1 saturated carbocycles. The predicted molar refractivity (Wildman–Crippen MR) is 51.7 cm³/mol. The molecule has 3 nitrogen and oxygen atoms in total. The van der Waals surface area contributed by atoms with Crippen molar-refractivity contribution in [2.24, 2.45) is 17.6 Å². The molecular formula is C9H17BN2O. The summed E-state index contributed by atoms with van der Waals surface area (Å²) in [6.45, 7) is 1.91. The van der Waals surface area contributed by atoms with Gasteiger partial charge in [-0.15, -0.1) is 0 Å². The van der Waals surface area contributed by atoms with Gasteiger partial charge in [0.05, 0.1) is 0 Å². The molecule has 0 aromatic heterocycles. The van der Waals surface area contributed by atoms with Crippen LogP contribution in [0.2, 0.25) is 0 Å². The Kier molecular flexibility index (Phi) is 2.79. The first-order valence-electron chi connectivity index (χ1n) is 5.23. The molecule has 4 heteroatoms. The van der Waals surface area contributed by atoms with E-state index in [-0.39, 0.29) is 0 Å². The monoisotopic (exact) mass is 180 g/mol. The second-order valence-corrected chi connectivity index (χ2v) is 4.36. The van der Waals surface area contributed by atoms with Crippen LogP contribution in [0.15, 0.2) is 0 Å². The summed E-state index contributed by atoms with van der Waals surface area (Å²) in [6.07, 6.45) is 4.49. The summed E-state index contributed by atoms with van der Waals surface area (Å²) < 4.78 is 10.5. The van der Waals surface area contributed by atoms with E-state index in [0.717, 1.165) is 26.2 Å². The summed E-state index contributed by atoms with van der Waals surface area (Å²) >= 11 is 0. The van der Waals surface area contributed by atoms with Crippen LogP contribution in [0, 0.1) is 11.8 Å². The van der Waals surface area contributed by atoms with Crippen LogP contribution in [0.1, 0.15) is 19.3 Å². The first kappa shape index (κ1) is 9.34. The number of nitrogens with two attached hydrogens (primary N) is 1. The number of hydrogen-bond acceptors (Lipinski definition) is 3. The molecule has 0 radical (unpaired) electrons. The fraction of sp³-hybridized carbons (Fsp3) is 1.00. The number of hydrogen-bond donors (Lipinski definition) is 1. The molecule has 3 fully saturated rings. The zero-order valence-electron chi connectivity index (χ0n) is 7.98. The van der Waals surface area contributed by atoms with E-state index in [1.54, 1.807) is 0 Å². The molecular weight excluding hydrogens is 163 g/mol. The Bertz CT molecular complexity index is 200. The molecule has 0 spiro atoms. The van der Waals surface area contributed by atoms with Gasteiger partial charge in [-0.1, -0.05) is 0 Å². The maximum absolute atomic E-state index is 10.5. The standard InChI is InChI=1S/C9H17BN2O/c11-4-8-3-7-1-2-9(8)12(5-7)6-10-13/h7-9H,1-6,11H2. The van der Waals surface area contributed by atoms with E-state index in [1.165, 1.54) is 19.3 Å².